The average molecular weight is 719 g/mol. The number of carbonyl (C=O) groups is 1. The van der Waals surface area contributed by atoms with Crippen molar-refractivity contribution in [3.05, 3.63) is 57.6 Å². The third-order valence-corrected chi connectivity index (χ3v) is 8.36. The van der Waals surface area contributed by atoms with E-state index in [2.05, 4.69) is 107 Å². The molecule has 1 aliphatic carbocycles. The van der Waals surface area contributed by atoms with Crippen molar-refractivity contribution in [2.75, 3.05) is 0 Å². The van der Waals surface area contributed by atoms with E-state index < -0.39 is 12.1 Å². The number of alkyl halides is 3. The Morgan fingerprint density at radius 2 is 0.958 bits per heavy atom. The molecular weight excluding hydrogens is 664 g/mol. The van der Waals surface area contributed by atoms with Gasteiger partial charge in [-0.1, -0.05) is 108 Å². The van der Waals surface area contributed by atoms with Crippen LogP contribution < -0.4 is 5.11 Å². The predicted molar refractivity (Wildman–Crippen MR) is 183 cm³/mol. The summed E-state index contributed by atoms with van der Waals surface area (Å²) in [4.78, 5) is 18.8. The fourth-order valence-electron chi connectivity index (χ4n) is 5.31. The van der Waals surface area contributed by atoms with Gasteiger partial charge < -0.3 is 20.1 Å². The third kappa shape index (κ3) is 11.9. The number of rotatable bonds is 4. The largest absolute Gasteiger partial charge is 0.542 e. The van der Waals surface area contributed by atoms with Crippen LogP contribution in [0, 0.1) is 0 Å². The summed E-state index contributed by atoms with van der Waals surface area (Å²) < 4.78 is 31.5. The van der Waals surface area contributed by atoms with Crippen LogP contribution in [0.1, 0.15) is 142 Å². The zero-order valence-corrected chi connectivity index (χ0v) is 31.6. The first-order valence-corrected chi connectivity index (χ1v) is 16.2. The van der Waals surface area contributed by atoms with Crippen LogP contribution in [-0.2, 0) is 43.2 Å². The van der Waals surface area contributed by atoms with Gasteiger partial charge >= 0.3 is 6.18 Å². The molecule has 1 radical (unpaired) electrons. The Balaban J connectivity index is 0.00000130. The fraction of sp³-hybridized carbons (Fsp3) is 0.605. The molecule has 10 heteroatoms. The molecule has 0 amide bonds. The van der Waals surface area contributed by atoms with Crippen molar-refractivity contribution in [3.63, 3.8) is 0 Å². The van der Waals surface area contributed by atoms with Gasteiger partial charge in [0.1, 0.15) is 17.5 Å². The Morgan fingerprint density at radius 3 is 1.19 bits per heavy atom. The minimum absolute atomic E-state index is 0. The van der Waals surface area contributed by atoms with E-state index in [4.69, 9.17) is 19.9 Å². The van der Waals surface area contributed by atoms with Crippen molar-refractivity contribution in [3.8, 4) is 11.5 Å². The summed E-state index contributed by atoms with van der Waals surface area (Å²) in [6, 6.07) is 8.53. The van der Waals surface area contributed by atoms with Crippen molar-refractivity contribution in [2.45, 2.75) is 149 Å². The van der Waals surface area contributed by atoms with Gasteiger partial charge in [-0.2, -0.15) is 13.2 Å². The Hall–Kier alpha value is -2.85. The average Bonchev–Trinajstić information content (AvgIpc) is 2.89. The molecule has 271 valence electrons. The van der Waals surface area contributed by atoms with E-state index in [0.717, 1.165) is 47.9 Å². The summed E-state index contributed by atoms with van der Waals surface area (Å²) in [7, 11) is 0. The van der Waals surface area contributed by atoms with E-state index in [-0.39, 0.29) is 50.5 Å². The summed E-state index contributed by atoms with van der Waals surface area (Å²) in [6.07, 6.45) is 2.71. The van der Waals surface area contributed by atoms with Crippen LogP contribution in [0.2, 0.25) is 0 Å². The normalized spacial score (nSPS) is 18.0. The maximum atomic E-state index is 11.2. The van der Waals surface area contributed by atoms with Gasteiger partial charge in [0.15, 0.2) is 0 Å². The first-order chi connectivity index (χ1) is 21.1. The molecule has 2 unspecified atom stereocenters. The molecule has 0 aromatic heterocycles. The maximum Gasteiger partial charge on any atom is 0.430 e. The summed E-state index contributed by atoms with van der Waals surface area (Å²) in [5, 5.41) is 31.2. The van der Waals surface area contributed by atoms with E-state index >= 15 is 0 Å². The van der Waals surface area contributed by atoms with Crippen molar-refractivity contribution < 1.29 is 50.1 Å². The minimum Gasteiger partial charge on any atom is -0.542 e. The maximum absolute atomic E-state index is 11.2. The van der Waals surface area contributed by atoms with Crippen molar-refractivity contribution in [2.24, 2.45) is 9.98 Å². The molecule has 0 heterocycles. The van der Waals surface area contributed by atoms with Crippen LogP contribution in [0.5, 0.6) is 11.5 Å². The number of phenols is 2. The molecule has 6 nitrogen and oxygen atoms in total. The number of benzene rings is 2. The third-order valence-electron chi connectivity index (χ3n) is 8.36. The van der Waals surface area contributed by atoms with Crippen LogP contribution in [-0.4, -0.2) is 46.9 Å². The number of hydrogen-bond acceptors (Lipinski definition) is 6. The van der Waals surface area contributed by atoms with Gasteiger partial charge in [0.25, 0.3) is 0 Å². The number of carboxylic acid groups (broad SMARTS) is 1. The summed E-state index contributed by atoms with van der Waals surface area (Å²) in [5.41, 5.74) is 5.39. The first-order valence-electron chi connectivity index (χ1n) is 16.2. The van der Waals surface area contributed by atoms with Crippen LogP contribution in [0.3, 0.4) is 0 Å². The molecule has 2 aromatic carbocycles. The molecule has 3 rings (SSSR count). The van der Waals surface area contributed by atoms with Crippen LogP contribution in [0.15, 0.2) is 34.3 Å². The van der Waals surface area contributed by atoms with Crippen LogP contribution in [0.25, 0.3) is 0 Å². The van der Waals surface area contributed by atoms with Gasteiger partial charge in [-0.3, -0.25) is 9.98 Å². The van der Waals surface area contributed by atoms with Gasteiger partial charge in [0, 0.05) is 51.5 Å². The number of aliphatic imine (C=N–C) groups is 2. The second-order valence-corrected chi connectivity index (χ2v) is 16.7. The van der Waals surface area contributed by atoms with E-state index in [0.29, 0.717) is 11.5 Å². The Labute approximate surface area is 295 Å². The molecule has 2 aromatic rings. The molecule has 1 fully saturated rings. The molecule has 0 aliphatic heterocycles. The zero-order valence-electron chi connectivity index (χ0n) is 30.5. The standard InChI is InChI=1S/C36H54N2O2.C2HF3O2.Co/c1-33(2,3)25-17-23(31(39)27(19-25)35(7,8)9)21-37-29-15-13-14-16-30(29)38-22-24-18-26(34(4,5)6)20-28(32(24)40)36(10,11)12;3-2(4,5)1(6)7;/h17-22,29-30,39-40H,13-16H2,1-12H3;(H,6,7);/p-1. The van der Waals surface area contributed by atoms with E-state index in [1.165, 1.54) is 11.1 Å². The van der Waals surface area contributed by atoms with E-state index in [9.17, 15) is 23.4 Å². The number of aliphatic carboxylic acids is 1. The fourth-order valence-corrected chi connectivity index (χ4v) is 5.31. The van der Waals surface area contributed by atoms with Crippen molar-refractivity contribution in [1.29, 1.82) is 0 Å². The minimum atomic E-state index is -5.19. The van der Waals surface area contributed by atoms with Crippen molar-refractivity contribution in [1.82, 2.24) is 0 Å². The Morgan fingerprint density at radius 1 is 0.667 bits per heavy atom. The van der Waals surface area contributed by atoms with E-state index in [1.54, 1.807) is 0 Å². The quantitative estimate of drug-likeness (QED) is 0.310. The SMILES string of the molecule is CC(C)(C)c1cc(C=NC2CCCCC2N=Cc2cc(C(C)(C)C)cc(C(C)(C)C)c2O)c(O)c(C(C)(C)C)c1.O=C([O-])C(F)(F)F.[Co]. The monoisotopic (exact) mass is 718 g/mol. The number of nitrogens with zero attached hydrogens (tertiary/aromatic N) is 2. The van der Waals surface area contributed by atoms with Gasteiger partial charge in [-0.05, 0) is 57.8 Å². The first kappa shape index (κ1) is 43.2. The van der Waals surface area contributed by atoms with Gasteiger partial charge in [-0.15, -0.1) is 0 Å². The Kier molecular flexibility index (Phi) is 14.2. The second kappa shape index (κ2) is 15.8. The molecule has 0 bridgehead atoms. The zero-order chi connectivity index (χ0) is 36.3. The molecule has 0 saturated heterocycles. The van der Waals surface area contributed by atoms with Crippen molar-refractivity contribution >= 4 is 18.4 Å². The molecular formula is C38H54CoF3N2O4-. The Bertz CT molecular complexity index is 1370. The summed E-state index contributed by atoms with van der Waals surface area (Å²) in [6.45, 7) is 26.0. The molecule has 2 atom stereocenters. The smallest absolute Gasteiger partial charge is 0.430 e. The van der Waals surface area contributed by atoms with Gasteiger partial charge in [-0.25, -0.2) is 0 Å². The van der Waals surface area contributed by atoms with E-state index in [1.807, 2.05) is 12.4 Å². The van der Waals surface area contributed by atoms with Crippen LogP contribution in [0.4, 0.5) is 13.2 Å². The number of carboxylic acids is 1. The predicted octanol–water partition coefficient (Wildman–Crippen LogP) is 8.43. The number of aromatic hydroxyl groups is 2. The molecule has 2 N–H and O–H groups in total. The summed E-state index contributed by atoms with van der Waals surface area (Å²) in [5.74, 6) is -2.37. The number of phenolic OH excluding ortho intramolecular Hbond substituents is 2. The van der Waals surface area contributed by atoms with Gasteiger partial charge in [0.2, 0.25) is 0 Å². The summed E-state index contributed by atoms with van der Waals surface area (Å²) >= 11 is 0. The number of halogens is 3. The molecule has 48 heavy (non-hydrogen) atoms. The number of carbonyl (C=O) groups excluding carboxylic acids is 1. The second-order valence-electron chi connectivity index (χ2n) is 16.7. The molecule has 0 spiro atoms. The number of hydrogen-bond donors (Lipinski definition) is 2. The van der Waals surface area contributed by atoms with Crippen LogP contribution >= 0.6 is 0 Å². The molecule has 1 aliphatic rings. The van der Waals surface area contributed by atoms with Gasteiger partial charge in [0.05, 0.1) is 12.1 Å². The topological polar surface area (TPSA) is 105 Å². The molecule has 1 saturated carbocycles.